The van der Waals surface area contributed by atoms with E-state index < -0.39 is 0 Å². The zero-order chi connectivity index (χ0) is 21.2. The van der Waals surface area contributed by atoms with Crippen LogP contribution in [0.2, 0.25) is 0 Å². The lowest BCUT2D eigenvalue weighted by Gasteiger charge is -2.18. The molecule has 160 valence electrons. The minimum atomic E-state index is -0.292. The molecule has 0 saturated carbocycles. The van der Waals surface area contributed by atoms with Gasteiger partial charge in [-0.2, -0.15) is 0 Å². The molecule has 2 aliphatic heterocycles. The maximum absolute atomic E-state index is 13.4. The van der Waals surface area contributed by atoms with Gasteiger partial charge in [0.25, 0.3) is 0 Å². The average Bonchev–Trinajstić information content (AvgIpc) is 3.53. The summed E-state index contributed by atoms with van der Waals surface area (Å²) < 4.78 is 21.2. The van der Waals surface area contributed by atoms with E-state index in [9.17, 15) is 9.18 Å². The molecule has 3 heterocycles. The van der Waals surface area contributed by atoms with Gasteiger partial charge < -0.3 is 9.64 Å². The summed E-state index contributed by atoms with van der Waals surface area (Å²) in [6.07, 6.45) is 3.00. The van der Waals surface area contributed by atoms with Gasteiger partial charge in [-0.25, -0.2) is 4.39 Å². The normalized spacial score (nSPS) is 17.8. The van der Waals surface area contributed by atoms with Crippen LogP contribution >= 0.6 is 11.8 Å². The summed E-state index contributed by atoms with van der Waals surface area (Å²) in [7, 11) is 0. The third-order valence-corrected chi connectivity index (χ3v) is 6.69. The number of thioether (sulfide) groups is 1. The number of rotatable bonds is 6. The number of para-hydroxylation sites is 1. The van der Waals surface area contributed by atoms with Crippen LogP contribution in [-0.2, 0) is 22.5 Å². The van der Waals surface area contributed by atoms with Crippen molar-refractivity contribution in [1.82, 2.24) is 14.8 Å². The molecule has 3 aromatic rings. The summed E-state index contributed by atoms with van der Waals surface area (Å²) >= 11 is 1.39. The molecular weight excluding hydrogens is 415 g/mol. The number of hydrogen-bond donors (Lipinski definition) is 0. The Labute approximate surface area is 184 Å². The molecule has 2 aromatic carbocycles. The Hall–Kier alpha value is -2.71. The fourth-order valence-electron chi connectivity index (χ4n) is 4.17. The van der Waals surface area contributed by atoms with Gasteiger partial charge >= 0.3 is 0 Å². The Balaban J connectivity index is 1.36. The molecule has 0 bridgehead atoms. The number of carbonyl (C=O) groups is 1. The van der Waals surface area contributed by atoms with Crippen LogP contribution in [0.25, 0.3) is 11.4 Å². The van der Waals surface area contributed by atoms with Crippen LogP contribution in [0.3, 0.4) is 0 Å². The molecule has 0 radical (unpaired) electrons. The van der Waals surface area contributed by atoms with Crippen molar-refractivity contribution in [3.63, 3.8) is 0 Å². The van der Waals surface area contributed by atoms with Crippen molar-refractivity contribution < 1.29 is 13.9 Å². The largest absolute Gasteiger partial charge is 0.376 e. The van der Waals surface area contributed by atoms with Crippen molar-refractivity contribution in [3.8, 4) is 11.4 Å². The zero-order valence-electron chi connectivity index (χ0n) is 17.0. The first kappa shape index (κ1) is 20.2. The van der Waals surface area contributed by atoms with Crippen LogP contribution in [-0.4, -0.2) is 45.7 Å². The van der Waals surface area contributed by atoms with Crippen LogP contribution in [0.4, 0.5) is 10.1 Å². The number of benzene rings is 2. The topological polar surface area (TPSA) is 60.3 Å². The molecule has 0 N–H and O–H groups in total. The van der Waals surface area contributed by atoms with Crippen LogP contribution in [0.15, 0.2) is 53.7 Å². The lowest BCUT2D eigenvalue weighted by atomic mass is 10.2. The summed E-state index contributed by atoms with van der Waals surface area (Å²) in [6.45, 7) is 2.08. The van der Waals surface area contributed by atoms with E-state index >= 15 is 0 Å². The van der Waals surface area contributed by atoms with Gasteiger partial charge in [0.2, 0.25) is 5.91 Å². The van der Waals surface area contributed by atoms with Gasteiger partial charge in [-0.15, -0.1) is 10.2 Å². The molecule has 0 spiro atoms. The molecule has 1 fully saturated rings. The number of halogens is 1. The fraction of sp³-hybridized carbons (Fsp3) is 0.348. The molecular formula is C23H23FN4O2S. The second-order valence-corrected chi connectivity index (χ2v) is 8.71. The predicted molar refractivity (Wildman–Crippen MR) is 118 cm³/mol. The third kappa shape index (κ3) is 4.22. The van der Waals surface area contributed by atoms with Gasteiger partial charge in [0.1, 0.15) is 5.82 Å². The number of ether oxygens (including phenoxy) is 1. The van der Waals surface area contributed by atoms with E-state index in [0.29, 0.717) is 24.1 Å². The number of hydrogen-bond acceptors (Lipinski definition) is 5. The summed E-state index contributed by atoms with van der Waals surface area (Å²) in [4.78, 5) is 14.8. The molecule has 1 amide bonds. The van der Waals surface area contributed by atoms with Crippen LogP contribution in [0.5, 0.6) is 0 Å². The Kier molecular flexibility index (Phi) is 5.74. The summed E-state index contributed by atoms with van der Waals surface area (Å²) in [5, 5.41) is 9.39. The smallest absolute Gasteiger partial charge is 0.237 e. The predicted octanol–water partition coefficient (Wildman–Crippen LogP) is 3.94. The van der Waals surface area contributed by atoms with E-state index in [1.54, 1.807) is 12.1 Å². The van der Waals surface area contributed by atoms with E-state index in [2.05, 4.69) is 16.3 Å². The van der Waals surface area contributed by atoms with E-state index in [0.717, 1.165) is 37.1 Å². The van der Waals surface area contributed by atoms with Gasteiger partial charge in [-0.1, -0.05) is 30.0 Å². The van der Waals surface area contributed by atoms with Crippen LogP contribution in [0.1, 0.15) is 18.4 Å². The Morgan fingerprint density at radius 3 is 2.81 bits per heavy atom. The Bertz CT molecular complexity index is 1080. The van der Waals surface area contributed by atoms with Crippen LogP contribution < -0.4 is 4.90 Å². The van der Waals surface area contributed by atoms with Crippen molar-refractivity contribution >= 4 is 23.4 Å². The highest BCUT2D eigenvalue weighted by Gasteiger charge is 2.26. The monoisotopic (exact) mass is 438 g/mol. The highest BCUT2D eigenvalue weighted by molar-refractivity contribution is 7.99. The van der Waals surface area contributed by atoms with Gasteiger partial charge in [0.05, 0.1) is 18.4 Å². The third-order valence-electron chi connectivity index (χ3n) is 5.74. The molecule has 5 rings (SSSR count). The second kappa shape index (κ2) is 8.80. The summed E-state index contributed by atoms with van der Waals surface area (Å²) in [5.41, 5.74) is 3.00. The Morgan fingerprint density at radius 1 is 1.16 bits per heavy atom. The first-order chi connectivity index (χ1) is 15.2. The van der Waals surface area contributed by atoms with Gasteiger partial charge in [-0.3, -0.25) is 9.36 Å². The van der Waals surface area contributed by atoms with Gasteiger partial charge in [0.15, 0.2) is 11.0 Å². The molecule has 1 unspecified atom stereocenters. The van der Waals surface area contributed by atoms with Crippen molar-refractivity contribution in [3.05, 3.63) is 59.9 Å². The number of amides is 1. The lowest BCUT2D eigenvalue weighted by Crippen LogP contribution is -2.30. The number of anilines is 1. The second-order valence-electron chi connectivity index (χ2n) is 7.77. The van der Waals surface area contributed by atoms with Crippen molar-refractivity contribution in [2.75, 3.05) is 23.8 Å². The number of carbonyl (C=O) groups excluding carboxylic acids is 1. The van der Waals surface area contributed by atoms with E-state index in [1.165, 1.54) is 29.5 Å². The summed E-state index contributed by atoms with van der Waals surface area (Å²) in [6, 6.07) is 14.3. The number of fused-ring (bicyclic) bond motifs is 1. The van der Waals surface area contributed by atoms with Gasteiger partial charge in [-0.05, 0) is 55.2 Å². The number of aromatic nitrogens is 3. The van der Waals surface area contributed by atoms with E-state index in [-0.39, 0.29) is 23.6 Å². The molecule has 6 nitrogen and oxygen atoms in total. The highest BCUT2D eigenvalue weighted by Crippen LogP contribution is 2.30. The van der Waals surface area contributed by atoms with Crippen molar-refractivity contribution in [2.24, 2.45) is 0 Å². The van der Waals surface area contributed by atoms with Gasteiger partial charge in [0, 0.05) is 24.4 Å². The van der Waals surface area contributed by atoms with E-state index in [1.807, 2.05) is 27.7 Å². The summed E-state index contributed by atoms with van der Waals surface area (Å²) in [5.74, 6) is 0.712. The lowest BCUT2D eigenvalue weighted by molar-refractivity contribution is -0.116. The quantitative estimate of drug-likeness (QED) is 0.546. The molecule has 0 aliphatic carbocycles. The number of nitrogens with zero attached hydrogens (tertiary/aromatic N) is 4. The SMILES string of the molecule is O=C(CSc1nnc(-c2ccc(F)cc2)n1CC1CCCO1)N1CCc2ccccc21. The minimum absolute atomic E-state index is 0.0601. The molecule has 31 heavy (non-hydrogen) atoms. The maximum Gasteiger partial charge on any atom is 0.237 e. The molecule has 1 atom stereocenters. The maximum atomic E-state index is 13.4. The van der Waals surface area contributed by atoms with Crippen LogP contribution in [0, 0.1) is 5.82 Å². The van der Waals surface area contributed by atoms with Crippen molar-refractivity contribution in [1.29, 1.82) is 0 Å². The molecule has 1 aromatic heterocycles. The van der Waals surface area contributed by atoms with E-state index in [4.69, 9.17) is 4.74 Å². The standard InChI is InChI=1S/C23H23FN4O2S/c24-18-9-7-17(8-10-18)22-25-26-23(28(22)14-19-5-3-13-30-19)31-15-21(29)27-12-11-16-4-1-2-6-20(16)27/h1-2,4,6-10,19H,3,5,11-15H2. The molecule has 2 aliphatic rings. The van der Waals surface area contributed by atoms with Crippen molar-refractivity contribution in [2.45, 2.75) is 37.1 Å². The molecule has 8 heteroatoms. The first-order valence-electron chi connectivity index (χ1n) is 10.5. The first-order valence-corrected chi connectivity index (χ1v) is 11.5. The highest BCUT2D eigenvalue weighted by atomic mass is 32.2. The minimum Gasteiger partial charge on any atom is -0.376 e. The zero-order valence-corrected chi connectivity index (χ0v) is 17.9. The Morgan fingerprint density at radius 2 is 2.00 bits per heavy atom. The molecule has 1 saturated heterocycles. The fourth-order valence-corrected chi connectivity index (χ4v) is 4.99. The average molecular weight is 439 g/mol.